The molecular weight excluding hydrogens is 484 g/mol. The van der Waals surface area contributed by atoms with Crippen LogP contribution in [0.5, 0.6) is 5.75 Å². The second-order valence-electron chi connectivity index (χ2n) is 10.3. The first-order valence-electron chi connectivity index (χ1n) is 13.3. The van der Waals surface area contributed by atoms with Crippen LogP contribution in [0.25, 0.3) is 0 Å². The number of amides is 1. The number of rotatable bonds is 4. The highest BCUT2D eigenvalue weighted by Crippen LogP contribution is 2.47. The molecule has 194 valence electrons. The summed E-state index contributed by atoms with van der Waals surface area (Å²) in [5.41, 5.74) is 5.97. The Morgan fingerprint density at radius 1 is 0.821 bits per heavy atom. The molecule has 0 saturated heterocycles. The van der Waals surface area contributed by atoms with Gasteiger partial charge in [-0.25, -0.2) is 0 Å². The summed E-state index contributed by atoms with van der Waals surface area (Å²) in [6, 6.07) is 32.6. The maximum absolute atomic E-state index is 14.2. The van der Waals surface area contributed by atoms with Crippen LogP contribution in [-0.2, 0) is 4.79 Å². The number of fused-ring (bicyclic) bond motifs is 2. The van der Waals surface area contributed by atoms with Gasteiger partial charge in [0, 0.05) is 17.7 Å². The molecule has 1 aliphatic heterocycles. The molecule has 1 fully saturated rings. The third-order valence-corrected chi connectivity index (χ3v) is 7.85. The number of Topliss-reactive ketones (excluding diaryl/α,β-unsaturated/α-hetero) is 1. The molecular formula is C34H30N2O3. The maximum atomic E-state index is 14.2. The number of aryl methyl sites for hydroxylation is 1. The van der Waals surface area contributed by atoms with Crippen LogP contribution in [0.2, 0.25) is 0 Å². The van der Waals surface area contributed by atoms with Gasteiger partial charge in [-0.1, -0.05) is 72.3 Å². The van der Waals surface area contributed by atoms with Gasteiger partial charge in [0.15, 0.2) is 0 Å². The van der Waals surface area contributed by atoms with Crippen molar-refractivity contribution in [2.24, 2.45) is 10.9 Å². The van der Waals surface area contributed by atoms with Crippen molar-refractivity contribution in [2.45, 2.75) is 31.7 Å². The van der Waals surface area contributed by atoms with Crippen LogP contribution in [0, 0.1) is 12.8 Å². The molecule has 3 atom stereocenters. The molecule has 0 bridgehead atoms. The van der Waals surface area contributed by atoms with E-state index in [-0.39, 0.29) is 17.6 Å². The summed E-state index contributed by atoms with van der Waals surface area (Å²) in [6.07, 6.45) is 1.04. The summed E-state index contributed by atoms with van der Waals surface area (Å²) < 4.78 is 5.33. The number of benzene rings is 4. The monoisotopic (exact) mass is 514 g/mol. The third-order valence-electron chi connectivity index (χ3n) is 7.85. The number of carbonyl (C=O) groups is 2. The minimum atomic E-state index is -0.540. The lowest BCUT2D eigenvalue weighted by atomic mass is 9.72. The van der Waals surface area contributed by atoms with Gasteiger partial charge in [-0.3, -0.25) is 19.5 Å². The summed E-state index contributed by atoms with van der Waals surface area (Å²) in [6.45, 7) is 2.04. The molecule has 1 saturated carbocycles. The lowest BCUT2D eigenvalue weighted by Crippen LogP contribution is -2.45. The Morgan fingerprint density at radius 3 is 2.21 bits per heavy atom. The second-order valence-corrected chi connectivity index (χ2v) is 10.3. The van der Waals surface area contributed by atoms with E-state index in [0.717, 1.165) is 28.2 Å². The van der Waals surface area contributed by atoms with Gasteiger partial charge in [0.2, 0.25) is 0 Å². The molecule has 5 heteroatoms. The summed E-state index contributed by atoms with van der Waals surface area (Å²) in [5, 5.41) is 0. The highest BCUT2D eigenvalue weighted by atomic mass is 16.5. The Kier molecular flexibility index (Phi) is 6.57. The number of aliphatic imine (C=N–C) groups is 1. The molecule has 1 heterocycles. The lowest BCUT2D eigenvalue weighted by molar-refractivity contribution is -0.122. The van der Waals surface area contributed by atoms with E-state index >= 15 is 0 Å². The quantitative estimate of drug-likeness (QED) is 0.288. The van der Waals surface area contributed by atoms with Crippen molar-refractivity contribution in [3.63, 3.8) is 0 Å². The number of methoxy groups -OCH3 is 1. The highest BCUT2D eigenvalue weighted by Gasteiger charge is 2.46. The smallest absolute Gasteiger partial charge is 0.258 e. The first kappa shape index (κ1) is 24.8. The molecule has 0 radical (unpaired) electrons. The summed E-state index contributed by atoms with van der Waals surface area (Å²) in [7, 11) is 1.65. The van der Waals surface area contributed by atoms with E-state index in [4.69, 9.17) is 9.73 Å². The molecule has 1 amide bonds. The number of anilines is 1. The van der Waals surface area contributed by atoms with E-state index in [1.807, 2.05) is 115 Å². The van der Waals surface area contributed by atoms with Gasteiger partial charge >= 0.3 is 0 Å². The highest BCUT2D eigenvalue weighted by molar-refractivity contribution is 6.15. The number of para-hydroxylation sites is 2. The molecule has 0 aromatic heterocycles. The zero-order valence-corrected chi connectivity index (χ0v) is 22.1. The van der Waals surface area contributed by atoms with Crippen molar-refractivity contribution in [1.29, 1.82) is 0 Å². The predicted molar refractivity (Wildman–Crippen MR) is 154 cm³/mol. The third kappa shape index (κ3) is 4.65. The summed E-state index contributed by atoms with van der Waals surface area (Å²) >= 11 is 0. The molecule has 2 aliphatic rings. The Bertz CT molecular complexity index is 1540. The van der Waals surface area contributed by atoms with Crippen molar-refractivity contribution in [3.05, 3.63) is 125 Å². The average Bonchev–Trinajstić information content (AvgIpc) is 3.12. The van der Waals surface area contributed by atoms with Gasteiger partial charge in [-0.15, -0.1) is 0 Å². The van der Waals surface area contributed by atoms with Gasteiger partial charge in [0.1, 0.15) is 11.5 Å². The number of hydrogen-bond acceptors (Lipinski definition) is 4. The van der Waals surface area contributed by atoms with Crippen LogP contribution in [-0.4, -0.2) is 24.5 Å². The topological polar surface area (TPSA) is 59.0 Å². The Morgan fingerprint density at radius 2 is 1.49 bits per heavy atom. The second kappa shape index (κ2) is 10.3. The molecule has 5 nitrogen and oxygen atoms in total. The van der Waals surface area contributed by atoms with Crippen molar-refractivity contribution in [1.82, 2.24) is 0 Å². The number of nitrogens with zero attached hydrogens (tertiary/aromatic N) is 2. The zero-order valence-electron chi connectivity index (χ0n) is 22.1. The fraction of sp³-hybridized carbons (Fsp3) is 0.206. The fourth-order valence-electron chi connectivity index (χ4n) is 5.87. The van der Waals surface area contributed by atoms with Crippen molar-refractivity contribution in [2.75, 3.05) is 12.0 Å². The first-order chi connectivity index (χ1) is 19.0. The molecule has 0 spiro atoms. The van der Waals surface area contributed by atoms with Crippen molar-refractivity contribution < 1.29 is 14.3 Å². The van der Waals surface area contributed by atoms with Crippen LogP contribution in [0.4, 0.5) is 11.4 Å². The molecule has 6 rings (SSSR count). The van der Waals surface area contributed by atoms with Crippen LogP contribution in [0.1, 0.15) is 51.8 Å². The van der Waals surface area contributed by atoms with Gasteiger partial charge in [0.25, 0.3) is 5.91 Å². The van der Waals surface area contributed by atoms with Gasteiger partial charge < -0.3 is 4.74 Å². The standard InChI is InChI=1S/C34H30N2O3/c1-22-12-14-24(15-13-22)33-32-29(20-26(21-31(32)37)23-16-18-27(39-2)19-17-23)35-28-10-6-7-11-30(28)36(33)34(38)25-8-4-3-5-9-25/h3-19,26,32-33H,20-21H2,1-2H3. The molecule has 0 N–H and O–H groups in total. The van der Waals surface area contributed by atoms with Crippen LogP contribution < -0.4 is 9.64 Å². The number of ether oxygens (including phenoxy) is 1. The van der Waals surface area contributed by atoms with Crippen molar-refractivity contribution in [3.8, 4) is 5.75 Å². The van der Waals surface area contributed by atoms with E-state index in [0.29, 0.717) is 29.8 Å². The van der Waals surface area contributed by atoms with Gasteiger partial charge in [-0.05, 0) is 66.8 Å². The Hall–Kier alpha value is -4.51. The van der Waals surface area contributed by atoms with Gasteiger partial charge in [0.05, 0.1) is 30.4 Å². The molecule has 3 unspecified atom stereocenters. The van der Waals surface area contributed by atoms with Crippen molar-refractivity contribution >= 4 is 28.8 Å². The maximum Gasteiger partial charge on any atom is 0.258 e. The van der Waals surface area contributed by atoms with Gasteiger partial charge in [-0.2, -0.15) is 0 Å². The SMILES string of the molecule is COc1ccc(C2CC(=O)C3C(=Nc4ccccc4N(C(=O)c4ccccc4)C3c3ccc(C)cc3)C2)cc1. The Labute approximate surface area is 228 Å². The fourth-order valence-corrected chi connectivity index (χ4v) is 5.87. The number of ketones is 1. The Balaban J connectivity index is 1.51. The zero-order chi connectivity index (χ0) is 26.9. The molecule has 4 aromatic rings. The van der Waals surface area contributed by atoms with Crippen LogP contribution >= 0.6 is 0 Å². The largest absolute Gasteiger partial charge is 0.497 e. The minimum absolute atomic E-state index is 0.0145. The number of hydrogen-bond donors (Lipinski definition) is 0. The molecule has 1 aliphatic carbocycles. The summed E-state index contributed by atoms with van der Waals surface area (Å²) in [4.78, 5) is 35.3. The van der Waals surface area contributed by atoms with E-state index in [1.165, 1.54) is 0 Å². The normalized spacial score (nSPS) is 20.4. The lowest BCUT2D eigenvalue weighted by Gasteiger charge is -2.39. The van der Waals surface area contributed by atoms with E-state index in [2.05, 4.69) is 0 Å². The van der Waals surface area contributed by atoms with E-state index in [9.17, 15) is 9.59 Å². The molecule has 4 aromatic carbocycles. The summed E-state index contributed by atoms with van der Waals surface area (Å²) in [5.74, 6) is 0.220. The average molecular weight is 515 g/mol. The van der Waals surface area contributed by atoms with Crippen LogP contribution in [0.3, 0.4) is 0 Å². The molecule has 39 heavy (non-hydrogen) atoms. The first-order valence-corrected chi connectivity index (χ1v) is 13.3. The predicted octanol–water partition coefficient (Wildman–Crippen LogP) is 7.24. The van der Waals surface area contributed by atoms with Crippen LogP contribution in [0.15, 0.2) is 108 Å². The minimum Gasteiger partial charge on any atom is -0.497 e. The number of carbonyl (C=O) groups excluding carboxylic acids is 2. The van der Waals surface area contributed by atoms with E-state index < -0.39 is 12.0 Å². The van der Waals surface area contributed by atoms with E-state index in [1.54, 1.807) is 7.11 Å².